The molecule has 0 spiro atoms. The maximum Gasteiger partial charge on any atom is 0.542 e. The van der Waals surface area contributed by atoms with Crippen LogP contribution in [0.2, 0.25) is 0 Å². The average Bonchev–Trinajstić information content (AvgIpc) is 2.34. The Balaban J connectivity index is 0.000000162. The van der Waals surface area contributed by atoms with Gasteiger partial charge in [0, 0.05) is 0 Å². The minimum atomic E-state index is -0.715. The van der Waals surface area contributed by atoms with Crippen molar-refractivity contribution >= 4 is 8.69 Å². The summed E-state index contributed by atoms with van der Waals surface area (Å²) in [6.07, 6.45) is 0. The summed E-state index contributed by atoms with van der Waals surface area (Å²) in [6.45, 7) is 0. The summed E-state index contributed by atoms with van der Waals surface area (Å²) in [5.41, 5.74) is 0. The molecule has 0 bridgehead atoms. The molecule has 3 heteroatoms. The Morgan fingerprint density at radius 2 is 1.13 bits per heavy atom. The predicted octanol–water partition coefficient (Wildman–Crippen LogP) is 3.69. The number of rotatable bonds is 2. The first-order valence-corrected chi connectivity index (χ1v) is 5.34. The number of benzene rings is 2. The Kier molecular flexibility index (Phi) is 5.87. The normalized spacial score (nSPS) is 8.80. The molecule has 2 aromatic rings. The van der Waals surface area contributed by atoms with Crippen molar-refractivity contribution in [3.63, 3.8) is 0 Å². The first-order chi connectivity index (χ1) is 7.43. The van der Waals surface area contributed by atoms with Crippen molar-refractivity contribution in [3.8, 4) is 5.75 Å². The standard InChI is InChI=1S/C6H6O2P.C6H6/c7-9-8-6-4-2-1-3-5-6;1-2-4-6-5-3-1/h1-5,9H;1-6H/q+1;. The Morgan fingerprint density at radius 3 is 1.53 bits per heavy atom. The van der Waals surface area contributed by atoms with Gasteiger partial charge in [-0.2, -0.15) is 0 Å². The Hall–Kier alpha value is -1.66. The van der Waals surface area contributed by atoms with Crippen LogP contribution in [0.15, 0.2) is 66.7 Å². The van der Waals surface area contributed by atoms with Gasteiger partial charge >= 0.3 is 8.69 Å². The Bertz CT molecular complexity index is 335. The number of hydrogen-bond donors (Lipinski definition) is 0. The zero-order valence-electron chi connectivity index (χ0n) is 8.17. The first-order valence-electron chi connectivity index (χ1n) is 4.52. The highest BCUT2D eigenvalue weighted by atomic mass is 31.1. The second-order valence-corrected chi connectivity index (χ2v) is 3.02. The lowest BCUT2D eigenvalue weighted by Crippen LogP contribution is -1.70. The fourth-order valence-electron chi connectivity index (χ4n) is 0.922. The molecule has 0 saturated carbocycles. The van der Waals surface area contributed by atoms with E-state index < -0.39 is 8.69 Å². The van der Waals surface area contributed by atoms with Gasteiger partial charge in [-0.05, 0) is 16.7 Å². The van der Waals surface area contributed by atoms with E-state index in [1.165, 1.54) is 0 Å². The van der Waals surface area contributed by atoms with Crippen LogP contribution in [-0.2, 0) is 4.57 Å². The van der Waals surface area contributed by atoms with Crippen LogP contribution in [0.3, 0.4) is 0 Å². The van der Waals surface area contributed by atoms with Crippen LogP contribution in [-0.4, -0.2) is 0 Å². The molecule has 2 aromatic carbocycles. The molecule has 0 amide bonds. The minimum absolute atomic E-state index is 0.644. The van der Waals surface area contributed by atoms with E-state index in [9.17, 15) is 4.57 Å². The fraction of sp³-hybridized carbons (Fsp3) is 0. The molecule has 0 radical (unpaired) electrons. The molecule has 0 fully saturated rings. The van der Waals surface area contributed by atoms with E-state index in [0.29, 0.717) is 5.75 Å². The van der Waals surface area contributed by atoms with Gasteiger partial charge in [0.2, 0.25) is 0 Å². The molecule has 0 heterocycles. The van der Waals surface area contributed by atoms with Gasteiger partial charge in [-0.1, -0.05) is 54.6 Å². The van der Waals surface area contributed by atoms with Crippen molar-refractivity contribution in [2.24, 2.45) is 0 Å². The molecule has 2 rings (SSSR count). The summed E-state index contributed by atoms with van der Waals surface area (Å²) in [6, 6.07) is 21.0. The van der Waals surface area contributed by atoms with Gasteiger partial charge in [-0.25, -0.2) is 0 Å². The first kappa shape index (κ1) is 11.4. The Morgan fingerprint density at radius 1 is 0.733 bits per heavy atom. The van der Waals surface area contributed by atoms with Gasteiger partial charge in [0.1, 0.15) is 0 Å². The van der Waals surface area contributed by atoms with Crippen molar-refractivity contribution in [2.75, 3.05) is 0 Å². The lowest BCUT2D eigenvalue weighted by molar-refractivity contribution is 0.525. The molecule has 0 aromatic heterocycles. The van der Waals surface area contributed by atoms with Crippen molar-refractivity contribution in [2.45, 2.75) is 0 Å². The van der Waals surface area contributed by atoms with E-state index in [4.69, 9.17) is 0 Å². The molecule has 1 atom stereocenters. The number of hydrogen-bond acceptors (Lipinski definition) is 2. The molecule has 2 nitrogen and oxygen atoms in total. The van der Waals surface area contributed by atoms with Gasteiger partial charge in [-0.3, -0.25) is 4.52 Å². The van der Waals surface area contributed by atoms with Crippen LogP contribution >= 0.6 is 8.69 Å². The molecule has 76 valence electrons. The maximum atomic E-state index is 9.90. The molecule has 15 heavy (non-hydrogen) atoms. The van der Waals surface area contributed by atoms with E-state index in [-0.39, 0.29) is 0 Å². The van der Waals surface area contributed by atoms with Gasteiger partial charge in [-0.15, -0.1) is 0 Å². The van der Waals surface area contributed by atoms with Crippen LogP contribution < -0.4 is 4.52 Å². The smallest absolute Gasteiger partial charge is 0.256 e. The monoisotopic (exact) mass is 219 g/mol. The molecule has 0 saturated heterocycles. The van der Waals surface area contributed by atoms with Crippen LogP contribution in [0.5, 0.6) is 5.75 Å². The van der Waals surface area contributed by atoms with E-state index in [0.717, 1.165) is 0 Å². The second-order valence-electron chi connectivity index (χ2n) is 2.65. The SMILES string of the molecule is O=[PH+]Oc1ccccc1.c1ccccc1. The zero-order chi connectivity index (χ0) is 10.8. The highest BCUT2D eigenvalue weighted by Gasteiger charge is 1.92. The summed E-state index contributed by atoms with van der Waals surface area (Å²) in [7, 11) is -0.715. The van der Waals surface area contributed by atoms with Gasteiger partial charge in [0.15, 0.2) is 5.75 Å². The lowest BCUT2D eigenvalue weighted by Gasteiger charge is -1.84. The highest BCUT2D eigenvalue weighted by molar-refractivity contribution is 7.17. The molecular formula is C12H12O2P+. The second kappa shape index (κ2) is 7.72. The summed E-state index contributed by atoms with van der Waals surface area (Å²) in [5.74, 6) is 0.644. The molecule has 1 unspecified atom stereocenters. The average molecular weight is 219 g/mol. The molecule has 0 aliphatic rings. The summed E-state index contributed by atoms with van der Waals surface area (Å²) < 4.78 is 14.6. The summed E-state index contributed by atoms with van der Waals surface area (Å²) in [4.78, 5) is 0. The third kappa shape index (κ3) is 5.61. The summed E-state index contributed by atoms with van der Waals surface area (Å²) in [5, 5.41) is 0. The van der Waals surface area contributed by atoms with Gasteiger partial charge < -0.3 is 0 Å². The molecule has 0 N–H and O–H groups in total. The number of para-hydroxylation sites is 1. The summed E-state index contributed by atoms with van der Waals surface area (Å²) >= 11 is 0. The maximum absolute atomic E-state index is 9.90. The fourth-order valence-corrected chi connectivity index (χ4v) is 1.15. The van der Waals surface area contributed by atoms with Crippen molar-refractivity contribution in [1.29, 1.82) is 0 Å². The third-order valence-electron chi connectivity index (χ3n) is 1.57. The van der Waals surface area contributed by atoms with Crippen LogP contribution in [0, 0.1) is 0 Å². The predicted molar refractivity (Wildman–Crippen MR) is 62.5 cm³/mol. The van der Waals surface area contributed by atoms with Crippen LogP contribution in [0.4, 0.5) is 0 Å². The van der Waals surface area contributed by atoms with Gasteiger partial charge in [0.25, 0.3) is 0 Å². The highest BCUT2D eigenvalue weighted by Crippen LogP contribution is 2.12. The molecule has 0 aliphatic heterocycles. The van der Waals surface area contributed by atoms with E-state index >= 15 is 0 Å². The van der Waals surface area contributed by atoms with Crippen LogP contribution in [0.25, 0.3) is 0 Å². The minimum Gasteiger partial charge on any atom is -0.256 e. The van der Waals surface area contributed by atoms with E-state index in [2.05, 4.69) is 4.52 Å². The zero-order valence-corrected chi connectivity index (χ0v) is 9.17. The topological polar surface area (TPSA) is 26.3 Å². The van der Waals surface area contributed by atoms with E-state index in [1.807, 2.05) is 54.6 Å². The van der Waals surface area contributed by atoms with Crippen LogP contribution in [0.1, 0.15) is 0 Å². The Labute approximate surface area is 90.8 Å². The third-order valence-corrected chi connectivity index (χ3v) is 1.89. The van der Waals surface area contributed by atoms with Crippen molar-refractivity contribution < 1.29 is 9.09 Å². The van der Waals surface area contributed by atoms with E-state index in [1.54, 1.807) is 12.1 Å². The molecule has 0 aliphatic carbocycles. The van der Waals surface area contributed by atoms with Gasteiger partial charge in [0.05, 0.1) is 0 Å². The molecular weight excluding hydrogens is 207 g/mol. The van der Waals surface area contributed by atoms with Crippen molar-refractivity contribution in [3.05, 3.63) is 66.7 Å². The lowest BCUT2D eigenvalue weighted by atomic mass is 10.3. The van der Waals surface area contributed by atoms with Crippen molar-refractivity contribution in [1.82, 2.24) is 0 Å². The quantitative estimate of drug-likeness (QED) is 0.720. The largest absolute Gasteiger partial charge is 0.542 e.